The molecule has 2 heteroatoms. The average Bonchev–Trinajstić information content (AvgIpc) is 3.43. The second-order valence-corrected chi connectivity index (χ2v) is 13.3. The predicted molar refractivity (Wildman–Crippen MR) is 199 cm³/mol. The van der Waals surface area contributed by atoms with E-state index in [1.54, 1.807) is 0 Å². The Kier molecular flexibility index (Phi) is 7.08. The van der Waals surface area contributed by atoms with Crippen molar-refractivity contribution >= 4 is 0 Å². The summed E-state index contributed by atoms with van der Waals surface area (Å²) in [5, 5.41) is 0. The lowest BCUT2D eigenvalue weighted by Gasteiger charge is -2.36. The van der Waals surface area contributed by atoms with Crippen LogP contribution >= 0.6 is 0 Å². The van der Waals surface area contributed by atoms with Crippen molar-refractivity contribution in [2.45, 2.75) is 37.5 Å². The van der Waals surface area contributed by atoms with Gasteiger partial charge in [-0.25, -0.2) is 9.97 Å². The maximum Gasteiger partial charge on any atom is 0.160 e. The zero-order chi connectivity index (χ0) is 31.9. The lowest BCUT2D eigenvalue weighted by molar-refractivity contribution is 0.353. The fourth-order valence-electron chi connectivity index (χ4n) is 8.14. The first-order chi connectivity index (χ1) is 23.7. The van der Waals surface area contributed by atoms with Gasteiger partial charge in [-0.2, -0.15) is 0 Å². The van der Waals surface area contributed by atoms with Gasteiger partial charge in [0, 0.05) is 22.1 Å². The molecule has 2 aliphatic rings. The summed E-state index contributed by atoms with van der Waals surface area (Å²) in [6.07, 6.45) is 6.43. The lowest BCUT2D eigenvalue weighted by atomic mass is 9.67. The number of fused-ring (bicyclic) bond motifs is 5. The van der Waals surface area contributed by atoms with Crippen LogP contribution in [0.25, 0.3) is 67.3 Å². The highest BCUT2D eigenvalue weighted by molar-refractivity contribution is 5.85. The Labute approximate surface area is 282 Å². The van der Waals surface area contributed by atoms with Gasteiger partial charge in [-0.05, 0) is 81.6 Å². The van der Waals surface area contributed by atoms with E-state index in [-0.39, 0.29) is 5.41 Å². The Balaban J connectivity index is 1.10. The molecule has 0 saturated heterocycles. The van der Waals surface area contributed by atoms with Crippen LogP contribution in [-0.2, 0) is 5.41 Å². The number of hydrogen-bond acceptors (Lipinski definition) is 2. The van der Waals surface area contributed by atoms with Crippen molar-refractivity contribution in [2.24, 2.45) is 0 Å². The number of nitrogens with zero attached hydrogens (tertiary/aromatic N) is 2. The van der Waals surface area contributed by atoms with Gasteiger partial charge < -0.3 is 0 Å². The molecule has 7 aromatic rings. The first kappa shape index (κ1) is 28.6. The second kappa shape index (κ2) is 11.9. The lowest BCUT2D eigenvalue weighted by Crippen LogP contribution is -2.28. The summed E-state index contributed by atoms with van der Waals surface area (Å²) in [7, 11) is 0. The Hall–Kier alpha value is -5.60. The van der Waals surface area contributed by atoms with Crippen LogP contribution in [0.15, 0.2) is 158 Å². The van der Waals surface area contributed by atoms with Gasteiger partial charge in [0.15, 0.2) is 5.82 Å². The molecule has 2 nitrogen and oxygen atoms in total. The zero-order valence-corrected chi connectivity index (χ0v) is 26.9. The molecule has 9 rings (SSSR count). The first-order valence-electron chi connectivity index (χ1n) is 17.2. The Morgan fingerprint density at radius 2 is 0.854 bits per heavy atom. The third-order valence-electron chi connectivity index (χ3n) is 10.5. The smallest absolute Gasteiger partial charge is 0.160 e. The van der Waals surface area contributed by atoms with Crippen LogP contribution in [0.2, 0.25) is 0 Å². The Morgan fingerprint density at radius 1 is 0.354 bits per heavy atom. The van der Waals surface area contributed by atoms with E-state index in [0.29, 0.717) is 0 Å². The molecular formula is C46H36N2. The topological polar surface area (TPSA) is 25.8 Å². The van der Waals surface area contributed by atoms with Crippen molar-refractivity contribution < 1.29 is 0 Å². The normalized spacial score (nSPS) is 14.4. The van der Waals surface area contributed by atoms with Crippen LogP contribution in [0, 0.1) is 0 Å². The second-order valence-electron chi connectivity index (χ2n) is 13.3. The minimum atomic E-state index is 0.152. The van der Waals surface area contributed by atoms with E-state index >= 15 is 0 Å². The van der Waals surface area contributed by atoms with Crippen LogP contribution in [0.3, 0.4) is 0 Å². The van der Waals surface area contributed by atoms with Gasteiger partial charge in [-0.3, -0.25) is 0 Å². The molecule has 1 saturated carbocycles. The van der Waals surface area contributed by atoms with Gasteiger partial charge in [0.1, 0.15) is 0 Å². The molecule has 1 aromatic heterocycles. The number of benzene rings is 6. The van der Waals surface area contributed by atoms with Crippen molar-refractivity contribution in [3.05, 3.63) is 169 Å². The molecule has 230 valence electrons. The minimum Gasteiger partial charge on any atom is -0.228 e. The molecule has 0 atom stereocenters. The van der Waals surface area contributed by atoms with Crippen molar-refractivity contribution in [1.82, 2.24) is 9.97 Å². The molecule has 6 aromatic carbocycles. The van der Waals surface area contributed by atoms with Crippen LogP contribution in [0.1, 0.15) is 43.2 Å². The molecule has 0 N–H and O–H groups in total. The molecule has 2 aliphatic carbocycles. The minimum absolute atomic E-state index is 0.152. The van der Waals surface area contributed by atoms with Gasteiger partial charge in [0.05, 0.1) is 11.4 Å². The highest BCUT2D eigenvalue weighted by Crippen LogP contribution is 2.56. The maximum atomic E-state index is 5.08. The van der Waals surface area contributed by atoms with Crippen molar-refractivity contribution in [3.8, 4) is 67.3 Å². The average molecular weight is 617 g/mol. The molecule has 0 aliphatic heterocycles. The molecule has 0 radical (unpaired) electrons. The molecule has 0 unspecified atom stereocenters. The first-order valence-corrected chi connectivity index (χ1v) is 17.2. The molecule has 0 bridgehead atoms. The SMILES string of the molecule is c1ccc(-c2cc(-c3ccccc3)nc(-c3cccc(-c4cccc(-c5ccc6c(c5)C5(CCCCC5)c5ccccc5-6)c4)c3)n2)cc1. The van der Waals surface area contributed by atoms with Gasteiger partial charge in [0.25, 0.3) is 0 Å². The number of rotatable bonds is 5. The Bertz CT molecular complexity index is 2200. The summed E-state index contributed by atoms with van der Waals surface area (Å²) in [5.41, 5.74) is 15.9. The van der Waals surface area contributed by atoms with Crippen molar-refractivity contribution in [1.29, 1.82) is 0 Å². The van der Waals surface area contributed by atoms with Crippen LogP contribution in [-0.4, -0.2) is 9.97 Å². The van der Waals surface area contributed by atoms with Crippen LogP contribution in [0.4, 0.5) is 0 Å². The Morgan fingerprint density at radius 3 is 1.50 bits per heavy atom. The zero-order valence-electron chi connectivity index (χ0n) is 26.9. The number of hydrogen-bond donors (Lipinski definition) is 0. The summed E-state index contributed by atoms with van der Waals surface area (Å²) < 4.78 is 0. The summed E-state index contributed by atoms with van der Waals surface area (Å²) >= 11 is 0. The number of aromatic nitrogens is 2. The van der Waals surface area contributed by atoms with Gasteiger partial charge in [-0.15, -0.1) is 0 Å². The van der Waals surface area contributed by atoms with Crippen molar-refractivity contribution in [3.63, 3.8) is 0 Å². The monoisotopic (exact) mass is 616 g/mol. The predicted octanol–water partition coefficient (Wildman–Crippen LogP) is 12.0. The van der Waals surface area contributed by atoms with E-state index in [2.05, 4.69) is 146 Å². The van der Waals surface area contributed by atoms with E-state index in [1.807, 2.05) is 12.1 Å². The molecule has 48 heavy (non-hydrogen) atoms. The quantitative estimate of drug-likeness (QED) is 0.192. The molecule has 0 amide bonds. The van der Waals surface area contributed by atoms with Gasteiger partial charge in [-0.1, -0.05) is 153 Å². The highest BCUT2D eigenvalue weighted by Gasteiger charge is 2.43. The molecule has 1 fully saturated rings. The van der Waals surface area contributed by atoms with E-state index in [0.717, 1.165) is 39.5 Å². The van der Waals surface area contributed by atoms with Crippen molar-refractivity contribution in [2.75, 3.05) is 0 Å². The van der Waals surface area contributed by atoms with E-state index in [1.165, 1.54) is 71.0 Å². The summed E-state index contributed by atoms with van der Waals surface area (Å²) in [5.74, 6) is 0.726. The summed E-state index contributed by atoms with van der Waals surface area (Å²) in [6, 6.07) is 56.8. The third kappa shape index (κ3) is 4.96. The highest BCUT2D eigenvalue weighted by atomic mass is 14.9. The summed E-state index contributed by atoms with van der Waals surface area (Å²) in [6.45, 7) is 0. The molecule has 1 heterocycles. The van der Waals surface area contributed by atoms with Gasteiger partial charge in [0.2, 0.25) is 0 Å². The fourth-order valence-corrected chi connectivity index (χ4v) is 8.14. The largest absolute Gasteiger partial charge is 0.228 e. The van der Waals surface area contributed by atoms with E-state index < -0.39 is 0 Å². The van der Waals surface area contributed by atoms with Crippen LogP contribution in [0.5, 0.6) is 0 Å². The summed E-state index contributed by atoms with van der Waals surface area (Å²) in [4.78, 5) is 10.2. The molecular weight excluding hydrogens is 581 g/mol. The van der Waals surface area contributed by atoms with Crippen LogP contribution < -0.4 is 0 Å². The van der Waals surface area contributed by atoms with E-state index in [4.69, 9.17) is 9.97 Å². The van der Waals surface area contributed by atoms with E-state index in [9.17, 15) is 0 Å². The third-order valence-corrected chi connectivity index (χ3v) is 10.5. The maximum absolute atomic E-state index is 5.08. The standard InChI is InChI=1S/C46H36N2/c1-4-14-32(15-5-1)43-31-44(33-16-6-2-7-17-33)48-45(47-43)38-21-13-20-36(29-38)34-18-12-19-35(28-34)37-24-25-40-39-22-8-9-23-41(39)46(42(40)30-37)26-10-3-11-27-46/h1-2,4-9,12-25,28-31H,3,10-11,26-27H2. The molecule has 1 spiro atoms. The van der Waals surface area contributed by atoms with Gasteiger partial charge >= 0.3 is 0 Å². The fraction of sp³-hybridized carbons (Fsp3) is 0.130.